The molecule has 34 heavy (non-hydrogen) atoms. The van der Waals surface area contributed by atoms with Crippen molar-refractivity contribution in [3.63, 3.8) is 0 Å². The molecule has 0 bridgehead atoms. The minimum absolute atomic E-state index is 0.0374. The number of aromatic nitrogens is 1. The van der Waals surface area contributed by atoms with Crippen LogP contribution in [-0.2, 0) is 9.47 Å². The molecule has 1 aromatic carbocycles. The van der Waals surface area contributed by atoms with Crippen molar-refractivity contribution in [1.82, 2.24) is 9.88 Å². The molecule has 3 amide bonds. The van der Waals surface area contributed by atoms with Gasteiger partial charge < -0.3 is 9.47 Å². The van der Waals surface area contributed by atoms with Crippen LogP contribution in [0.15, 0.2) is 30.5 Å². The van der Waals surface area contributed by atoms with E-state index in [-0.39, 0.29) is 20.9 Å². The monoisotopic (exact) mass is 489 g/mol. The number of carbonyl (C=O) groups excluding carboxylic acids is 3. The summed E-state index contributed by atoms with van der Waals surface area (Å²) < 4.78 is 63.1. The number of hydrogen-bond acceptors (Lipinski definition) is 7. The SMILES string of the molecule is [2H]C([2H])([2H])C1([2H])N(C(=O)OC(C)(C)C)C(=O)c2sc3ccc4ncccc4c3c2N(C(=O)OC(C)(C)C)C1([2H])[2H]. The van der Waals surface area contributed by atoms with E-state index in [2.05, 4.69) is 4.98 Å². The second kappa shape index (κ2) is 8.23. The van der Waals surface area contributed by atoms with E-state index in [1.807, 2.05) is 0 Å². The molecule has 9 heteroatoms. The van der Waals surface area contributed by atoms with E-state index in [1.165, 1.54) is 47.7 Å². The van der Waals surface area contributed by atoms with Crippen LogP contribution in [0.1, 0.15) is 66.3 Å². The normalized spacial score (nSPS) is 23.6. The van der Waals surface area contributed by atoms with Crippen molar-refractivity contribution < 1.29 is 32.1 Å². The zero-order valence-electron chi connectivity index (χ0n) is 25.7. The molecule has 4 rings (SSSR count). The standard InChI is InChI=1S/C25H29N3O5S/c1-14-13-27(22(30)32-24(2,3)4)19-18-15-9-8-12-26-16(15)10-11-17(18)34-20(19)21(29)28(14)23(31)33-25(5,6)7/h8-12,14H,13H2,1-7H3/i1D3,13D2,14D. The maximum atomic E-state index is 14.2. The summed E-state index contributed by atoms with van der Waals surface area (Å²) in [6, 6.07) is 2.90. The topological polar surface area (TPSA) is 89.0 Å². The Kier molecular flexibility index (Phi) is 4.18. The number of nitrogens with zero attached hydrogens (tertiary/aromatic N) is 3. The Labute approximate surface area is 210 Å². The molecule has 0 saturated carbocycles. The Hall–Kier alpha value is -3.20. The zero-order valence-corrected chi connectivity index (χ0v) is 20.5. The lowest BCUT2D eigenvalue weighted by molar-refractivity contribution is 0.0182. The number of anilines is 1. The summed E-state index contributed by atoms with van der Waals surface area (Å²) in [5, 5.41) is 0.650. The van der Waals surface area contributed by atoms with Gasteiger partial charge in [-0.05, 0) is 66.6 Å². The van der Waals surface area contributed by atoms with Gasteiger partial charge in [-0.15, -0.1) is 11.3 Å². The molecular weight excluding hydrogens is 454 g/mol. The highest BCUT2D eigenvalue weighted by atomic mass is 32.1. The van der Waals surface area contributed by atoms with E-state index in [0.717, 1.165) is 11.3 Å². The number of benzene rings is 1. The van der Waals surface area contributed by atoms with Crippen molar-refractivity contribution >= 4 is 56.1 Å². The van der Waals surface area contributed by atoms with Crippen LogP contribution < -0.4 is 4.90 Å². The number of hydrogen-bond donors (Lipinski definition) is 0. The van der Waals surface area contributed by atoms with Crippen molar-refractivity contribution in [2.24, 2.45) is 0 Å². The molecule has 0 fully saturated rings. The highest BCUT2D eigenvalue weighted by Gasteiger charge is 2.42. The Morgan fingerprint density at radius 1 is 1.15 bits per heavy atom. The highest BCUT2D eigenvalue weighted by molar-refractivity contribution is 7.21. The fourth-order valence-electron chi connectivity index (χ4n) is 3.43. The quantitative estimate of drug-likeness (QED) is 0.386. The third kappa shape index (κ3) is 4.44. The molecule has 1 unspecified atom stereocenters. The van der Waals surface area contributed by atoms with Crippen LogP contribution in [-0.4, -0.2) is 51.7 Å². The van der Waals surface area contributed by atoms with E-state index in [1.54, 1.807) is 24.3 Å². The van der Waals surface area contributed by atoms with Gasteiger partial charge in [0.05, 0.1) is 27.8 Å². The minimum Gasteiger partial charge on any atom is -0.443 e. The first-order valence-corrected chi connectivity index (χ1v) is 11.3. The van der Waals surface area contributed by atoms with Crippen LogP contribution in [0.25, 0.3) is 21.0 Å². The second-order valence-electron chi connectivity index (χ2n) is 9.69. The number of carbonyl (C=O) groups is 3. The molecule has 0 aliphatic carbocycles. The molecule has 0 radical (unpaired) electrons. The first kappa shape index (κ1) is 17.3. The minimum atomic E-state index is -3.66. The number of amides is 3. The molecule has 0 N–H and O–H groups in total. The Morgan fingerprint density at radius 2 is 1.82 bits per heavy atom. The molecule has 0 saturated heterocycles. The van der Waals surface area contributed by atoms with Gasteiger partial charge in [-0.2, -0.15) is 0 Å². The Morgan fingerprint density at radius 3 is 2.47 bits per heavy atom. The largest absolute Gasteiger partial charge is 0.443 e. The first-order valence-electron chi connectivity index (χ1n) is 13.5. The maximum Gasteiger partial charge on any atom is 0.417 e. The van der Waals surface area contributed by atoms with Gasteiger partial charge >= 0.3 is 12.2 Å². The Balaban J connectivity index is 2.19. The van der Waals surface area contributed by atoms with Gasteiger partial charge in [-0.25, -0.2) is 14.5 Å². The molecule has 1 atom stereocenters. The lowest BCUT2D eigenvalue weighted by Crippen LogP contribution is -2.49. The van der Waals surface area contributed by atoms with Gasteiger partial charge in [0.1, 0.15) is 16.1 Å². The summed E-state index contributed by atoms with van der Waals surface area (Å²) >= 11 is 0.817. The van der Waals surface area contributed by atoms with Crippen molar-refractivity contribution in [3.8, 4) is 0 Å². The van der Waals surface area contributed by atoms with Crippen molar-refractivity contribution in [2.45, 2.75) is 65.6 Å². The van der Waals surface area contributed by atoms with Crippen LogP contribution in [0.4, 0.5) is 15.3 Å². The number of ether oxygens (including phenoxy) is 2. The van der Waals surface area contributed by atoms with Crippen LogP contribution >= 0.6 is 11.3 Å². The highest BCUT2D eigenvalue weighted by Crippen LogP contribution is 2.44. The molecule has 3 heterocycles. The number of pyridine rings is 1. The fraction of sp³-hybridized carbons (Fsp3) is 0.440. The second-order valence-corrected chi connectivity index (χ2v) is 10.7. The lowest BCUT2D eigenvalue weighted by atomic mass is 10.1. The fourth-order valence-corrected chi connectivity index (χ4v) is 4.57. The molecule has 0 spiro atoms. The van der Waals surface area contributed by atoms with Gasteiger partial charge in [-0.3, -0.25) is 14.7 Å². The van der Waals surface area contributed by atoms with Crippen LogP contribution in [0.2, 0.25) is 0 Å². The van der Waals surface area contributed by atoms with Crippen LogP contribution in [0, 0.1) is 0 Å². The molecule has 2 aromatic heterocycles. The van der Waals surface area contributed by atoms with Gasteiger partial charge in [0.15, 0.2) is 0 Å². The maximum absolute atomic E-state index is 14.2. The van der Waals surface area contributed by atoms with Gasteiger partial charge in [-0.1, -0.05) is 6.07 Å². The molecule has 8 nitrogen and oxygen atoms in total. The zero-order chi connectivity index (χ0) is 30.2. The average molecular weight is 490 g/mol. The predicted molar refractivity (Wildman–Crippen MR) is 133 cm³/mol. The number of thiophene rings is 1. The van der Waals surface area contributed by atoms with E-state index < -0.39 is 48.7 Å². The van der Waals surface area contributed by atoms with Crippen molar-refractivity contribution in [2.75, 3.05) is 11.4 Å². The van der Waals surface area contributed by atoms with Crippen molar-refractivity contribution in [3.05, 3.63) is 35.3 Å². The van der Waals surface area contributed by atoms with Gasteiger partial charge in [0.2, 0.25) is 0 Å². The van der Waals surface area contributed by atoms with E-state index in [9.17, 15) is 14.4 Å². The number of rotatable bonds is 0. The first-order chi connectivity index (χ1) is 18.1. The lowest BCUT2D eigenvalue weighted by Gasteiger charge is -2.31. The van der Waals surface area contributed by atoms with Crippen LogP contribution in [0.3, 0.4) is 0 Å². The summed E-state index contributed by atoms with van der Waals surface area (Å²) in [5.74, 6) is -1.30. The average Bonchev–Trinajstić information content (AvgIpc) is 3.12. The molecule has 1 aliphatic rings. The molecular formula is C25H29N3O5S. The smallest absolute Gasteiger partial charge is 0.417 e. The van der Waals surface area contributed by atoms with Gasteiger partial charge in [0.25, 0.3) is 5.91 Å². The van der Waals surface area contributed by atoms with E-state index in [4.69, 9.17) is 17.7 Å². The molecule has 1 aliphatic heterocycles. The van der Waals surface area contributed by atoms with E-state index >= 15 is 0 Å². The predicted octanol–water partition coefficient (Wildman–Crippen LogP) is 5.97. The van der Waals surface area contributed by atoms with E-state index in [0.29, 0.717) is 20.5 Å². The van der Waals surface area contributed by atoms with Crippen LogP contribution in [0.5, 0.6) is 0 Å². The summed E-state index contributed by atoms with van der Waals surface area (Å²) in [6.45, 7) is 1.79. The summed E-state index contributed by atoms with van der Waals surface area (Å²) in [4.78, 5) is 45.7. The molecule has 3 aromatic rings. The summed E-state index contributed by atoms with van der Waals surface area (Å²) in [7, 11) is 0. The number of fused-ring (bicyclic) bond motifs is 5. The Bertz CT molecular complexity index is 1540. The van der Waals surface area contributed by atoms with Crippen molar-refractivity contribution in [1.29, 1.82) is 0 Å². The third-order valence-electron chi connectivity index (χ3n) is 4.63. The molecule has 180 valence electrons. The number of imide groups is 1. The van der Waals surface area contributed by atoms with Gasteiger partial charge in [0, 0.05) is 25.8 Å². The summed E-state index contributed by atoms with van der Waals surface area (Å²) in [5.41, 5.74) is -2.28. The summed E-state index contributed by atoms with van der Waals surface area (Å²) in [6.07, 6.45) is -1.37. The third-order valence-corrected chi connectivity index (χ3v) is 5.76.